The van der Waals surface area contributed by atoms with Crippen molar-refractivity contribution in [2.24, 2.45) is 5.92 Å². The summed E-state index contributed by atoms with van der Waals surface area (Å²) >= 11 is 1.50. The molecule has 0 radical (unpaired) electrons. The van der Waals surface area contributed by atoms with Crippen molar-refractivity contribution in [2.75, 3.05) is 0 Å². The molecule has 1 fully saturated rings. The lowest BCUT2D eigenvalue weighted by Gasteiger charge is -2.19. The van der Waals surface area contributed by atoms with Gasteiger partial charge in [-0.3, -0.25) is 9.78 Å². The van der Waals surface area contributed by atoms with Gasteiger partial charge in [0.2, 0.25) is 5.91 Å². The van der Waals surface area contributed by atoms with E-state index in [0.29, 0.717) is 12.6 Å². The van der Waals surface area contributed by atoms with Gasteiger partial charge in [0.05, 0.1) is 5.25 Å². The number of carbonyl (C=O) groups is 1. The quantitative estimate of drug-likeness (QED) is 0.789. The molecule has 1 N–H and O–H groups in total. The molecule has 0 spiro atoms. The second-order valence-corrected chi connectivity index (χ2v) is 7.22. The van der Waals surface area contributed by atoms with Crippen LogP contribution in [-0.2, 0) is 11.3 Å². The molecule has 0 bridgehead atoms. The fourth-order valence-corrected chi connectivity index (χ4v) is 3.42. The molecule has 1 atom stereocenters. The second-order valence-electron chi connectivity index (χ2n) is 6.11. The van der Waals surface area contributed by atoms with Crippen molar-refractivity contribution in [1.82, 2.24) is 25.1 Å². The zero-order chi connectivity index (χ0) is 16.2. The Balaban J connectivity index is 1.63. The van der Waals surface area contributed by atoms with Gasteiger partial charge in [0.1, 0.15) is 6.33 Å². The van der Waals surface area contributed by atoms with E-state index in [4.69, 9.17) is 0 Å². The molecule has 6 nitrogen and oxygen atoms in total. The number of pyridine rings is 1. The maximum absolute atomic E-state index is 12.6. The molecule has 0 aliphatic heterocycles. The molecule has 1 amide bonds. The summed E-state index contributed by atoms with van der Waals surface area (Å²) in [5, 5.41) is 11.8. The van der Waals surface area contributed by atoms with E-state index in [9.17, 15) is 4.79 Å². The van der Waals surface area contributed by atoms with E-state index in [2.05, 4.69) is 38.9 Å². The first-order valence-corrected chi connectivity index (χ1v) is 8.76. The largest absolute Gasteiger partial charge is 0.351 e. The van der Waals surface area contributed by atoms with Crippen molar-refractivity contribution in [3.8, 4) is 0 Å². The Morgan fingerprint density at radius 3 is 2.96 bits per heavy atom. The highest BCUT2D eigenvalue weighted by Crippen LogP contribution is 2.38. The molecular weight excluding hydrogens is 310 g/mol. The molecule has 1 aliphatic rings. The summed E-state index contributed by atoms with van der Waals surface area (Å²) < 4.78 is 2.09. The summed E-state index contributed by atoms with van der Waals surface area (Å²) in [6.07, 6.45) is 7.60. The number of aromatic nitrogens is 4. The predicted octanol–water partition coefficient (Wildman–Crippen LogP) is 2.44. The van der Waals surface area contributed by atoms with E-state index >= 15 is 0 Å². The molecule has 0 unspecified atom stereocenters. The van der Waals surface area contributed by atoms with E-state index in [0.717, 1.165) is 10.7 Å². The van der Waals surface area contributed by atoms with Crippen LogP contribution in [0.4, 0.5) is 0 Å². The maximum atomic E-state index is 12.6. The van der Waals surface area contributed by atoms with Crippen LogP contribution in [0.25, 0.3) is 0 Å². The molecule has 2 heterocycles. The Hall–Kier alpha value is -1.89. The predicted molar refractivity (Wildman–Crippen MR) is 88.9 cm³/mol. The van der Waals surface area contributed by atoms with Gasteiger partial charge in [-0.05, 0) is 30.4 Å². The monoisotopic (exact) mass is 331 g/mol. The van der Waals surface area contributed by atoms with Crippen LogP contribution in [0.2, 0.25) is 0 Å². The number of nitrogens with one attached hydrogen (secondary N) is 1. The first-order valence-electron chi connectivity index (χ1n) is 7.88. The Morgan fingerprint density at radius 1 is 1.48 bits per heavy atom. The average Bonchev–Trinajstić information content (AvgIpc) is 3.29. The number of hydrogen-bond acceptors (Lipinski definition) is 5. The van der Waals surface area contributed by atoms with Crippen LogP contribution in [0.1, 0.15) is 38.3 Å². The van der Waals surface area contributed by atoms with Crippen molar-refractivity contribution in [3.63, 3.8) is 0 Å². The first kappa shape index (κ1) is 16.0. The summed E-state index contributed by atoms with van der Waals surface area (Å²) in [7, 11) is 0. The van der Waals surface area contributed by atoms with Crippen LogP contribution < -0.4 is 5.32 Å². The van der Waals surface area contributed by atoms with Crippen LogP contribution in [0, 0.1) is 5.92 Å². The highest BCUT2D eigenvalue weighted by molar-refractivity contribution is 8.00. The molecule has 1 saturated carbocycles. The second kappa shape index (κ2) is 7.12. The minimum atomic E-state index is -0.187. The van der Waals surface area contributed by atoms with E-state index in [1.54, 1.807) is 18.7 Å². The molecule has 3 rings (SSSR count). The summed E-state index contributed by atoms with van der Waals surface area (Å²) in [5.74, 6) is 0.234. The molecule has 0 aromatic carbocycles. The minimum Gasteiger partial charge on any atom is -0.351 e. The summed E-state index contributed by atoms with van der Waals surface area (Å²) in [6.45, 7) is 4.60. The van der Waals surface area contributed by atoms with Crippen LogP contribution in [0.5, 0.6) is 0 Å². The Morgan fingerprint density at radius 2 is 2.30 bits per heavy atom. The molecular formula is C16H21N5OS. The van der Waals surface area contributed by atoms with Gasteiger partial charge >= 0.3 is 0 Å². The van der Waals surface area contributed by atoms with Crippen LogP contribution >= 0.6 is 11.8 Å². The van der Waals surface area contributed by atoms with Gasteiger partial charge in [0.15, 0.2) is 5.16 Å². The normalized spacial score (nSPS) is 15.6. The third kappa shape index (κ3) is 4.10. The van der Waals surface area contributed by atoms with Crippen molar-refractivity contribution >= 4 is 17.7 Å². The molecule has 2 aromatic heterocycles. The van der Waals surface area contributed by atoms with Gasteiger partial charge < -0.3 is 9.88 Å². The van der Waals surface area contributed by atoms with E-state index in [1.165, 1.54) is 24.6 Å². The van der Waals surface area contributed by atoms with Crippen LogP contribution in [0.3, 0.4) is 0 Å². The maximum Gasteiger partial charge on any atom is 0.234 e. The number of nitrogens with zero attached hydrogens (tertiary/aromatic N) is 4. The average molecular weight is 331 g/mol. The summed E-state index contributed by atoms with van der Waals surface area (Å²) in [6, 6.07) is 4.33. The first-order chi connectivity index (χ1) is 11.1. The van der Waals surface area contributed by atoms with Gasteiger partial charge in [-0.25, -0.2) is 0 Å². The minimum absolute atomic E-state index is 0.0270. The fourth-order valence-electron chi connectivity index (χ4n) is 2.32. The van der Waals surface area contributed by atoms with Gasteiger partial charge in [0.25, 0.3) is 0 Å². The van der Waals surface area contributed by atoms with E-state index < -0.39 is 0 Å². The van der Waals surface area contributed by atoms with E-state index in [1.807, 2.05) is 12.1 Å². The highest BCUT2D eigenvalue weighted by atomic mass is 32.2. The zero-order valence-corrected chi connectivity index (χ0v) is 14.2. The summed E-state index contributed by atoms with van der Waals surface area (Å²) in [5.41, 5.74) is 0.995. The van der Waals surface area contributed by atoms with Crippen molar-refractivity contribution in [1.29, 1.82) is 0 Å². The van der Waals surface area contributed by atoms with E-state index in [-0.39, 0.29) is 17.1 Å². The third-order valence-electron chi connectivity index (χ3n) is 3.77. The molecule has 1 aliphatic carbocycles. The number of amides is 1. The number of thioether (sulfide) groups is 1. The number of rotatable bonds is 7. The number of hydrogen-bond donors (Lipinski definition) is 1. The number of carbonyl (C=O) groups excluding carboxylic acids is 1. The molecule has 0 saturated heterocycles. The highest BCUT2D eigenvalue weighted by Gasteiger charge is 2.30. The molecule has 7 heteroatoms. The van der Waals surface area contributed by atoms with Gasteiger partial charge in [0, 0.05) is 25.0 Å². The molecule has 122 valence electrons. The summed E-state index contributed by atoms with van der Waals surface area (Å²) in [4.78, 5) is 16.6. The standard InChI is InChI=1S/C16H21N5OS/c1-11(2)14(15(22)18-9-12-4-3-7-17-8-12)23-16-20-19-10-21(16)13-5-6-13/h3-4,7-8,10-11,13-14H,5-6,9H2,1-2H3,(H,18,22)/t14-/m1/s1. The van der Waals surface area contributed by atoms with Gasteiger partial charge in [-0.15, -0.1) is 10.2 Å². The smallest absolute Gasteiger partial charge is 0.234 e. The topological polar surface area (TPSA) is 72.7 Å². The van der Waals surface area contributed by atoms with Crippen LogP contribution in [0.15, 0.2) is 36.0 Å². The Bertz CT molecular complexity index is 654. The van der Waals surface area contributed by atoms with Crippen LogP contribution in [-0.4, -0.2) is 30.9 Å². The Labute approximate surface area is 140 Å². The molecule has 2 aromatic rings. The lowest BCUT2D eigenvalue weighted by atomic mass is 10.1. The Kier molecular flexibility index (Phi) is 4.95. The lowest BCUT2D eigenvalue weighted by molar-refractivity contribution is -0.121. The third-order valence-corrected chi connectivity index (χ3v) is 5.28. The van der Waals surface area contributed by atoms with Crippen molar-refractivity contribution in [2.45, 2.75) is 49.7 Å². The lowest BCUT2D eigenvalue weighted by Crippen LogP contribution is -2.35. The van der Waals surface area contributed by atoms with Crippen molar-refractivity contribution in [3.05, 3.63) is 36.4 Å². The van der Waals surface area contributed by atoms with Gasteiger partial charge in [-0.2, -0.15) is 0 Å². The van der Waals surface area contributed by atoms with Gasteiger partial charge in [-0.1, -0.05) is 31.7 Å². The molecule has 23 heavy (non-hydrogen) atoms. The zero-order valence-electron chi connectivity index (χ0n) is 13.3. The SMILES string of the molecule is CC(C)[C@@H](Sc1nncn1C1CC1)C(=O)NCc1cccnc1. The van der Waals surface area contributed by atoms with Crippen molar-refractivity contribution < 1.29 is 4.79 Å². The fraction of sp³-hybridized carbons (Fsp3) is 0.500.